The molecule has 8 heteroatoms. The molecule has 1 amide bonds. The van der Waals surface area contributed by atoms with Crippen molar-refractivity contribution in [1.29, 1.82) is 0 Å². The number of benzene rings is 3. The van der Waals surface area contributed by atoms with Gasteiger partial charge in [-0.25, -0.2) is 4.98 Å². The smallest absolute Gasteiger partial charge is 0.416 e. The topological polar surface area (TPSA) is 47.4 Å². The molecule has 0 aliphatic carbocycles. The highest BCUT2D eigenvalue weighted by Gasteiger charge is 2.36. The molecule has 4 aromatic rings. The first-order valence-electron chi connectivity index (χ1n) is 12.0. The van der Waals surface area contributed by atoms with Gasteiger partial charge in [0.25, 0.3) is 0 Å². The third-order valence-corrected chi connectivity index (χ3v) is 6.45. The van der Waals surface area contributed by atoms with Crippen LogP contribution in [0.3, 0.4) is 0 Å². The zero-order valence-corrected chi connectivity index (χ0v) is 19.6. The number of imidazole rings is 1. The van der Waals surface area contributed by atoms with Crippen LogP contribution in [0, 0.1) is 0 Å². The summed E-state index contributed by atoms with van der Waals surface area (Å²) in [5, 5.41) is 0. The Morgan fingerprint density at radius 2 is 1.72 bits per heavy atom. The number of nitrogens with zero attached hydrogens (tertiary/aromatic N) is 3. The van der Waals surface area contributed by atoms with Crippen molar-refractivity contribution in [1.82, 2.24) is 9.55 Å². The summed E-state index contributed by atoms with van der Waals surface area (Å²) < 4.78 is 47.6. The maximum Gasteiger partial charge on any atom is 0.416 e. The van der Waals surface area contributed by atoms with Crippen LogP contribution in [0.2, 0.25) is 0 Å². The maximum atomic E-state index is 13.2. The molecule has 0 N–H and O–H groups in total. The molecule has 36 heavy (non-hydrogen) atoms. The molecule has 1 atom stereocenters. The quantitative estimate of drug-likeness (QED) is 0.266. The molecule has 1 fully saturated rings. The van der Waals surface area contributed by atoms with Gasteiger partial charge in [0.15, 0.2) is 0 Å². The van der Waals surface area contributed by atoms with Crippen molar-refractivity contribution in [3.05, 3.63) is 90.3 Å². The predicted molar refractivity (Wildman–Crippen MR) is 132 cm³/mol. The van der Waals surface area contributed by atoms with Crippen molar-refractivity contribution in [3.63, 3.8) is 0 Å². The minimum absolute atomic E-state index is 0.200. The van der Waals surface area contributed by atoms with Gasteiger partial charge in [0.1, 0.15) is 11.6 Å². The fraction of sp³-hybridized carbons (Fsp3) is 0.286. The fourth-order valence-electron chi connectivity index (χ4n) is 4.70. The molecule has 186 valence electrons. The van der Waals surface area contributed by atoms with E-state index in [1.54, 1.807) is 6.07 Å². The number of hydrogen-bond donors (Lipinski definition) is 0. The van der Waals surface area contributed by atoms with Crippen LogP contribution in [-0.4, -0.2) is 28.6 Å². The van der Waals surface area contributed by atoms with Gasteiger partial charge in [-0.3, -0.25) is 4.79 Å². The number of amides is 1. The van der Waals surface area contributed by atoms with Gasteiger partial charge in [0, 0.05) is 31.1 Å². The van der Waals surface area contributed by atoms with Crippen molar-refractivity contribution in [2.45, 2.75) is 37.9 Å². The Morgan fingerprint density at radius 1 is 0.944 bits per heavy atom. The molecule has 3 aromatic carbocycles. The summed E-state index contributed by atoms with van der Waals surface area (Å²) in [4.78, 5) is 19.1. The number of carbonyl (C=O) groups excluding carboxylic acids is 1. The third-order valence-electron chi connectivity index (χ3n) is 6.45. The second-order valence-corrected chi connectivity index (χ2v) is 8.93. The Hall–Kier alpha value is -3.81. The first kappa shape index (κ1) is 23.9. The lowest BCUT2D eigenvalue weighted by atomic mass is 10.1. The number of halogens is 3. The molecule has 0 spiro atoms. The molecular formula is C28H26F3N3O2. The highest BCUT2D eigenvalue weighted by atomic mass is 19.4. The van der Waals surface area contributed by atoms with E-state index < -0.39 is 11.7 Å². The first-order valence-corrected chi connectivity index (χ1v) is 12.0. The molecule has 2 heterocycles. The highest BCUT2D eigenvalue weighted by molar-refractivity contribution is 5.96. The number of aromatic nitrogens is 2. The van der Waals surface area contributed by atoms with Crippen LogP contribution in [0.4, 0.5) is 18.9 Å². The Labute approximate surface area is 207 Å². The lowest BCUT2D eigenvalue weighted by molar-refractivity contribution is -0.137. The third kappa shape index (κ3) is 5.08. The maximum absolute atomic E-state index is 13.2. The fourth-order valence-corrected chi connectivity index (χ4v) is 4.70. The Balaban J connectivity index is 1.32. The van der Waals surface area contributed by atoms with Crippen molar-refractivity contribution < 1.29 is 22.7 Å². The molecule has 1 aliphatic heterocycles. The van der Waals surface area contributed by atoms with Gasteiger partial charge >= 0.3 is 6.18 Å². The summed E-state index contributed by atoms with van der Waals surface area (Å²) in [6.07, 6.45) is -2.55. The molecule has 0 unspecified atom stereocenters. The molecule has 0 radical (unpaired) electrons. The lowest BCUT2D eigenvalue weighted by Crippen LogP contribution is -2.25. The highest BCUT2D eigenvalue weighted by Crippen LogP contribution is 2.36. The molecule has 5 nitrogen and oxygen atoms in total. The van der Waals surface area contributed by atoms with Gasteiger partial charge in [-0.05, 0) is 55.3 Å². The average molecular weight is 494 g/mol. The molecule has 5 rings (SSSR count). The average Bonchev–Trinajstić information content (AvgIpc) is 3.44. The van der Waals surface area contributed by atoms with Gasteiger partial charge in [-0.1, -0.05) is 36.4 Å². The van der Waals surface area contributed by atoms with Gasteiger partial charge in [0.05, 0.1) is 23.2 Å². The summed E-state index contributed by atoms with van der Waals surface area (Å²) in [5.74, 6) is 1.22. The number of unbranched alkanes of at least 4 members (excludes halogenated alkanes) is 1. The van der Waals surface area contributed by atoms with Crippen LogP contribution < -0.4 is 9.64 Å². The van der Waals surface area contributed by atoms with E-state index in [0.29, 0.717) is 19.7 Å². The lowest BCUT2D eigenvalue weighted by Gasteiger charge is -2.19. The van der Waals surface area contributed by atoms with Crippen LogP contribution >= 0.6 is 0 Å². The summed E-state index contributed by atoms with van der Waals surface area (Å²) in [6, 6.07) is 22.4. The monoisotopic (exact) mass is 493 g/mol. The number of anilines is 1. The van der Waals surface area contributed by atoms with Gasteiger partial charge in [-0.15, -0.1) is 0 Å². The molecule has 0 bridgehead atoms. The molecule has 0 saturated carbocycles. The molecular weight excluding hydrogens is 467 g/mol. The SMILES string of the molecule is O=C1C[C@@H](c2nc3ccccc3n2CCCCOc2ccccc2)CN1c1cccc(C(F)(F)F)c1. The number of hydrogen-bond acceptors (Lipinski definition) is 3. The van der Waals surface area contributed by atoms with E-state index in [9.17, 15) is 18.0 Å². The Morgan fingerprint density at radius 3 is 2.53 bits per heavy atom. The van der Waals surface area contributed by atoms with E-state index in [1.165, 1.54) is 11.0 Å². The largest absolute Gasteiger partial charge is 0.494 e. The summed E-state index contributed by atoms with van der Waals surface area (Å²) in [7, 11) is 0. The van der Waals surface area contributed by atoms with E-state index in [4.69, 9.17) is 9.72 Å². The van der Waals surface area contributed by atoms with Crippen molar-refractivity contribution in [2.24, 2.45) is 0 Å². The van der Waals surface area contributed by atoms with Crippen LogP contribution in [0.15, 0.2) is 78.9 Å². The molecule has 1 saturated heterocycles. The summed E-state index contributed by atoms with van der Waals surface area (Å²) in [6.45, 7) is 1.60. The van der Waals surface area contributed by atoms with Gasteiger partial charge < -0.3 is 14.2 Å². The van der Waals surface area contributed by atoms with E-state index in [2.05, 4.69) is 4.57 Å². The zero-order chi connectivity index (χ0) is 25.1. The second-order valence-electron chi connectivity index (χ2n) is 8.93. The Bertz CT molecular complexity index is 1350. The Kier molecular flexibility index (Phi) is 6.67. The predicted octanol–water partition coefficient (Wildman–Crippen LogP) is 6.43. The number of aryl methyl sites for hydroxylation is 1. The number of rotatable bonds is 8. The van der Waals surface area contributed by atoms with Crippen molar-refractivity contribution in [2.75, 3.05) is 18.1 Å². The summed E-state index contributed by atoms with van der Waals surface area (Å²) >= 11 is 0. The van der Waals surface area contributed by atoms with E-state index in [1.807, 2.05) is 54.6 Å². The number of alkyl halides is 3. The standard InChI is InChI=1S/C28H26F3N3O2/c29-28(30,31)21-9-8-10-22(18-21)34-19-20(17-26(34)35)27-32-24-13-4-5-14-25(24)33(27)15-6-7-16-36-23-11-2-1-3-12-23/h1-5,8-14,18,20H,6-7,15-17,19H2/t20-/m1/s1. The van der Waals surface area contributed by atoms with Crippen LogP contribution in [0.25, 0.3) is 11.0 Å². The van der Waals surface area contributed by atoms with Gasteiger partial charge in [0.2, 0.25) is 5.91 Å². The summed E-state index contributed by atoms with van der Waals surface area (Å²) in [5.41, 5.74) is 1.33. The van der Waals surface area contributed by atoms with Crippen LogP contribution in [0.5, 0.6) is 5.75 Å². The number of fused-ring (bicyclic) bond motifs is 1. The van der Waals surface area contributed by atoms with Crippen molar-refractivity contribution in [3.8, 4) is 5.75 Å². The van der Waals surface area contributed by atoms with E-state index in [-0.39, 0.29) is 23.9 Å². The number of carbonyl (C=O) groups is 1. The molecule has 1 aromatic heterocycles. The normalized spacial score (nSPS) is 16.1. The minimum atomic E-state index is -4.46. The number of ether oxygens (including phenoxy) is 1. The van der Waals surface area contributed by atoms with Crippen LogP contribution in [0.1, 0.15) is 36.6 Å². The zero-order valence-electron chi connectivity index (χ0n) is 19.6. The van der Waals surface area contributed by atoms with E-state index in [0.717, 1.165) is 47.6 Å². The number of para-hydroxylation sites is 3. The second kappa shape index (κ2) is 10.0. The van der Waals surface area contributed by atoms with Gasteiger partial charge in [-0.2, -0.15) is 13.2 Å². The minimum Gasteiger partial charge on any atom is -0.494 e. The first-order chi connectivity index (χ1) is 17.4. The van der Waals surface area contributed by atoms with Crippen molar-refractivity contribution >= 4 is 22.6 Å². The molecule has 1 aliphatic rings. The van der Waals surface area contributed by atoms with Crippen LogP contribution in [-0.2, 0) is 17.5 Å². The van der Waals surface area contributed by atoms with E-state index >= 15 is 0 Å².